The van der Waals surface area contributed by atoms with Gasteiger partial charge in [0, 0.05) is 79.0 Å². The molecule has 0 bridgehead atoms. The third kappa shape index (κ3) is 82.5. The molecular weight excluding hydrogens is 1470 g/mol. The molecule has 4 aromatic carbocycles. The van der Waals surface area contributed by atoms with Crippen LogP contribution in [0.2, 0.25) is 0 Å². The fraction of sp³-hybridized carbons (Fsp3) is 0.580. The first kappa shape index (κ1) is 115. The maximum absolute atomic E-state index is 8.23. The lowest BCUT2D eigenvalue weighted by molar-refractivity contribution is 0.328. The van der Waals surface area contributed by atoms with Crippen molar-refractivity contribution < 1.29 is 9.47 Å². The van der Waals surface area contributed by atoms with E-state index >= 15 is 0 Å². The van der Waals surface area contributed by atoms with E-state index in [-0.39, 0.29) is 16.2 Å². The summed E-state index contributed by atoms with van der Waals surface area (Å²) in [6.07, 6.45) is 36.0. The molecule has 0 aliphatic rings. The Kier molecular flexibility index (Phi) is 58.0. The monoisotopic (exact) mass is 1620 g/mol. The zero-order valence-corrected chi connectivity index (χ0v) is 79.5. The van der Waals surface area contributed by atoms with Gasteiger partial charge < -0.3 is 9.47 Å². The van der Waals surface area contributed by atoms with Gasteiger partial charge in [-0.05, 0) is 221 Å². The molecule has 6 rings (SSSR count). The Morgan fingerprint density at radius 3 is 1.05 bits per heavy atom. The zero-order valence-electron chi connectivity index (χ0n) is 79.5. The second kappa shape index (κ2) is 60.1. The van der Waals surface area contributed by atoms with Crippen LogP contribution in [0.1, 0.15) is 297 Å². The number of terminal acetylenes is 4. The number of pyridine rings is 2. The minimum absolute atomic E-state index is 0.131. The number of aromatic nitrogens is 2. The van der Waals surface area contributed by atoms with E-state index in [1.54, 1.807) is 6.20 Å². The molecule has 0 spiro atoms. The first-order chi connectivity index (χ1) is 54.8. The number of azide groups is 5. The molecule has 2 heterocycles. The Balaban J connectivity index is -0.000000626. The van der Waals surface area contributed by atoms with E-state index in [4.69, 9.17) is 62.8 Å². The molecule has 0 unspecified atom stereocenters. The molecule has 0 aliphatic heterocycles. The summed E-state index contributed by atoms with van der Waals surface area (Å²) < 4.78 is 10.7. The predicted molar refractivity (Wildman–Crippen MR) is 508 cm³/mol. The second-order valence-corrected chi connectivity index (χ2v) is 41.3. The third-order valence-corrected chi connectivity index (χ3v) is 14.9. The largest absolute Gasteiger partial charge is 0.493 e. The van der Waals surface area contributed by atoms with Crippen LogP contribution in [0.25, 0.3) is 52.2 Å². The maximum Gasteiger partial charge on any atom is 0.148 e. The van der Waals surface area contributed by atoms with Crippen LogP contribution in [0.3, 0.4) is 0 Å². The molecular formula is C100H153N17O2. The van der Waals surface area contributed by atoms with Crippen LogP contribution in [0.5, 0.6) is 11.5 Å². The summed E-state index contributed by atoms with van der Waals surface area (Å²) in [4.78, 5) is 21.8. The Morgan fingerprint density at radius 2 is 0.748 bits per heavy atom. The van der Waals surface area contributed by atoms with Gasteiger partial charge in [-0.2, -0.15) is 0 Å². The number of hydrogen-bond donors (Lipinski definition) is 0. The van der Waals surface area contributed by atoms with Crippen molar-refractivity contribution in [3.05, 3.63) is 236 Å². The normalized spacial score (nSPS) is 10.8. The summed E-state index contributed by atoms with van der Waals surface area (Å²) in [7, 11) is 0. The minimum Gasteiger partial charge on any atom is -0.493 e. The topological polar surface area (TPSA) is 288 Å². The summed E-state index contributed by atoms with van der Waals surface area (Å²) in [6, 6.07) is 40.1. The highest BCUT2D eigenvalue weighted by molar-refractivity contribution is 5.39. The fourth-order valence-corrected chi connectivity index (χ4v) is 10.2. The van der Waals surface area contributed by atoms with E-state index in [0.717, 1.165) is 86.2 Å². The molecule has 0 radical (unpaired) electrons. The lowest BCUT2D eigenvalue weighted by atomic mass is 9.88. The highest BCUT2D eigenvalue weighted by Crippen LogP contribution is 2.28. The van der Waals surface area contributed by atoms with Gasteiger partial charge in [-0.3, -0.25) is 9.97 Å². The molecule has 0 fully saturated rings. The van der Waals surface area contributed by atoms with E-state index in [0.29, 0.717) is 83.0 Å². The lowest BCUT2D eigenvalue weighted by Gasteiger charge is -2.18. The van der Waals surface area contributed by atoms with E-state index in [1.807, 2.05) is 112 Å². The minimum atomic E-state index is 0.131. The summed E-state index contributed by atoms with van der Waals surface area (Å²) in [5.74, 6) is 11.9. The van der Waals surface area contributed by atoms with Gasteiger partial charge >= 0.3 is 0 Å². The van der Waals surface area contributed by atoms with Crippen LogP contribution in [-0.2, 0) is 51.6 Å². The van der Waals surface area contributed by atoms with Crippen LogP contribution in [0.4, 0.5) is 5.69 Å². The van der Waals surface area contributed by atoms with Gasteiger partial charge in [0.05, 0.1) is 26.2 Å². The summed E-state index contributed by atoms with van der Waals surface area (Å²) in [5, 5.41) is 17.3. The third-order valence-electron chi connectivity index (χ3n) is 14.9. The van der Waals surface area contributed by atoms with E-state index in [9.17, 15) is 0 Å². The average Bonchev–Trinajstić information content (AvgIpc) is 0.897. The highest BCUT2D eigenvalue weighted by Gasteiger charge is 2.17. The van der Waals surface area contributed by atoms with Crippen molar-refractivity contribution in [1.82, 2.24) is 9.97 Å². The first-order valence-electron chi connectivity index (χ1n) is 41.2. The van der Waals surface area contributed by atoms with Crippen molar-refractivity contribution in [3.63, 3.8) is 0 Å². The number of ether oxygens (including phenoxy) is 2. The van der Waals surface area contributed by atoms with Crippen LogP contribution in [0, 0.1) is 104 Å². The molecule has 0 saturated carbocycles. The van der Waals surface area contributed by atoms with Gasteiger partial charge in [0.25, 0.3) is 0 Å². The standard InChI is InChI=1S/C14H18O.C13H19N3O.C13H16.2C11H16N4.C11H15N3.C8H14.C7H16.C7H12.C5H11N3/c1-5-10-15-13-8-6-12(7-9-13)11-14(2,3)4;1-13(2,3)10-11-4-6-12(7-5-11)17-9-8-15-16-14;1-5-11-6-8-12(9-7-11)10-13(2,3)4;1-11(2,3)7-9-4-5-13-10(6-9)8-14-15-12;1-11(2,3)6-9-4-5-10(13-7-9)8-14-15-12;1-11(2,3)8-9-4-6-10(7-5-9)13-14-12;1-5-6-7-8(2,3)4;2*1-5-6-7(2,3)4;1-5(2,3)4-7-8-6/h1,6-9H,10-11H2,2-4H3;4-7H,8-10H2,1-3H3;1,6-9H,10H2,2-4H3;4-6H,7-8H2,1-3H3;4-5,7H,6,8H2,1-3H3;4-7H,8H2,1-3H3;1H,6-7H2,2-4H3;5-6H2,1-4H3;1H,6H2,2-4H3;4H2,1-3H3. The van der Waals surface area contributed by atoms with E-state index in [1.165, 1.54) is 46.2 Å². The zero-order chi connectivity index (χ0) is 92.2. The summed E-state index contributed by atoms with van der Waals surface area (Å²) >= 11 is 0. The number of hydrogen-bond acceptors (Lipinski definition) is 9. The van der Waals surface area contributed by atoms with Gasteiger partial charge in [-0.25, -0.2) is 0 Å². The van der Waals surface area contributed by atoms with Crippen LogP contribution in [0.15, 0.2) is 159 Å². The van der Waals surface area contributed by atoms with E-state index < -0.39 is 0 Å². The van der Waals surface area contributed by atoms with Crippen molar-refractivity contribution in [2.45, 2.75) is 298 Å². The van der Waals surface area contributed by atoms with Crippen molar-refractivity contribution in [2.75, 3.05) is 26.3 Å². The van der Waals surface area contributed by atoms with Crippen LogP contribution in [-0.4, -0.2) is 36.3 Å². The SMILES string of the molecule is C#CCC(C)(C)C.C#CCCC(C)(C)C.C#CCOc1ccc(CC(C)(C)C)cc1.C#Cc1ccc(CC(C)(C)C)cc1.CC(C)(C)CN=[N+]=[N-].CC(C)(C)Cc1ccc(CN=[N+]=[N-])nc1.CC(C)(C)Cc1ccc(N=[N+]=[N-])cc1.CC(C)(C)Cc1ccc(OCCN=[N+]=[N-])cc1.CC(C)(C)Cc1ccnc(CN=[N+]=[N-])c1.CCCC(C)(C)C. The molecule has 2 aromatic heterocycles. The number of rotatable bonds is 20. The van der Waals surface area contributed by atoms with Gasteiger partial charge in [-0.1, -0.05) is 325 Å². The molecule has 0 atom stereocenters. The molecule has 6 aromatic rings. The predicted octanol–water partition coefficient (Wildman–Crippen LogP) is 31.4. The fourth-order valence-electron chi connectivity index (χ4n) is 10.2. The molecule has 19 heteroatoms. The van der Waals surface area contributed by atoms with Crippen molar-refractivity contribution in [3.8, 4) is 60.9 Å². The maximum atomic E-state index is 8.23. The van der Waals surface area contributed by atoms with Gasteiger partial charge in [-0.15, -0.1) is 37.5 Å². The molecule has 650 valence electrons. The van der Waals surface area contributed by atoms with Gasteiger partial charge in [0.15, 0.2) is 0 Å². The molecule has 0 amide bonds. The Morgan fingerprint density at radius 1 is 0.361 bits per heavy atom. The van der Waals surface area contributed by atoms with Crippen LogP contribution < -0.4 is 9.47 Å². The molecule has 19 nitrogen and oxygen atoms in total. The van der Waals surface area contributed by atoms with Gasteiger partial charge in [0.2, 0.25) is 0 Å². The summed E-state index contributed by atoms with van der Waals surface area (Å²) in [5.41, 5.74) is 54.8. The van der Waals surface area contributed by atoms with Crippen molar-refractivity contribution in [1.29, 1.82) is 0 Å². The lowest BCUT2D eigenvalue weighted by Crippen LogP contribution is -2.09. The quantitative estimate of drug-likeness (QED) is 0.0237. The summed E-state index contributed by atoms with van der Waals surface area (Å²) in [6.45, 7) is 70.3. The Labute approximate surface area is 722 Å². The molecule has 119 heavy (non-hydrogen) atoms. The Hall–Kier alpha value is -10.4. The smallest absolute Gasteiger partial charge is 0.148 e. The van der Waals surface area contributed by atoms with Crippen molar-refractivity contribution in [2.24, 2.45) is 79.7 Å². The number of benzene rings is 4. The van der Waals surface area contributed by atoms with E-state index in [2.05, 4.69) is 314 Å². The highest BCUT2D eigenvalue weighted by atomic mass is 16.5. The average molecular weight is 1630 g/mol. The van der Waals surface area contributed by atoms with Gasteiger partial charge in [0.1, 0.15) is 18.1 Å². The molecule has 0 saturated heterocycles. The Bertz CT molecular complexity index is 4150. The molecule has 0 aliphatic carbocycles. The second-order valence-electron chi connectivity index (χ2n) is 41.3. The first-order valence-corrected chi connectivity index (χ1v) is 41.2. The number of nitrogens with zero attached hydrogens (tertiary/aromatic N) is 17. The molecule has 0 N–H and O–H groups in total. The van der Waals surface area contributed by atoms with Crippen LogP contribution >= 0.6 is 0 Å². The van der Waals surface area contributed by atoms with Crippen molar-refractivity contribution >= 4 is 5.69 Å².